The third-order valence-electron chi connectivity index (χ3n) is 14.5. The number of aliphatic hydroxyl groups is 7. The molecule has 11 nitrogen and oxygen atoms in total. The molecule has 0 radical (unpaired) electrons. The van der Waals surface area contributed by atoms with Crippen molar-refractivity contribution in [2.45, 2.75) is 332 Å². The summed E-state index contributed by atoms with van der Waals surface area (Å²) < 4.78 is 11.1. The fraction of sp³-hybridized carbons (Fsp3) is 0.915. The van der Waals surface area contributed by atoms with Crippen LogP contribution in [0, 0.1) is 0 Å². The number of carbonyl (C=O) groups is 1. The van der Waals surface area contributed by atoms with Crippen LogP contribution in [0.3, 0.4) is 0 Å². The summed E-state index contributed by atoms with van der Waals surface area (Å²) in [6.45, 7) is 3.45. The number of rotatable bonds is 51. The first-order valence-corrected chi connectivity index (χ1v) is 29.7. The van der Waals surface area contributed by atoms with Gasteiger partial charge in [0.1, 0.15) is 36.6 Å². The lowest BCUT2D eigenvalue weighted by atomic mass is 9.98. The molecule has 0 bridgehead atoms. The number of carbonyl (C=O) groups excluding carboxylic acids is 1. The molecule has 70 heavy (non-hydrogen) atoms. The van der Waals surface area contributed by atoms with Gasteiger partial charge in [0.2, 0.25) is 5.91 Å². The third kappa shape index (κ3) is 36.5. The molecular formula is C59H113NO10. The van der Waals surface area contributed by atoms with Gasteiger partial charge in [-0.1, -0.05) is 237 Å². The third-order valence-corrected chi connectivity index (χ3v) is 14.5. The minimum Gasteiger partial charge on any atom is -0.394 e. The number of ether oxygens (including phenoxy) is 2. The van der Waals surface area contributed by atoms with Crippen molar-refractivity contribution in [1.29, 1.82) is 0 Å². The normalized spacial score (nSPS) is 20.4. The fourth-order valence-corrected chi connectivity index (χ4v) is 9.61. The Hall–Kier alpha value is -1.41. The molecule has 9 atom stereocenters. The summed E-state index contributed by atoms with van der Waals surface area (Å²) in [5, 5.41) is 76.0. The van der Waals surface area contributed by atoms with E-state index in [2.05, 4.69) is 43.5 Å². The van der Waals surface area contributed by atoms with Gasteiger partial charge in [0.05, 0.1) is 25.4 Å². The minimum absolute atomic E-state index is 0.256. The number of nitrogens with one attached hydrogen (secondary N) is 1. The summed E-state index contributed by atoms with van der Waals surface area (Å²) in [6.07, 6.45) is 46.9. The van der Waals surface area contributed by atoms with E-state index in [-0.39, 0.29) is 12.8 Å². The zero-order valence-electron chi connectivity index (χ0n) is 45.3. The highest BCUT2D eigenvalue weighted by Crippen LogP contribution is 2.23. The molecule has 9 unspecified atom stereocenters. The lowest BCUT2D eigenvalue weighted by Gasteiger charge is -2.40. The van der Waals surface area contributed by atoms with Crippen molar-refractivity contribution >= 4 is 5.91 Å². The first-order chi connectivity index (χ1) is 34.2. The molecule has 0 aromatic rings. The van der Waals surface area contributed by atoms with Crippen molar-refractivity contribution in [3.8, 4) is 0 Å². The van der Waals surface area contributed by atoms with Crippen LogP contribution in [0.25, 0.3) is 0 Å². The van der Waals surface area contributed by atoms with E-state index < -0.39 is 74.2 Å². The Bertz CT molecular complexity index is 1190. The van der Waals surface area contributed by atoms with Gasteiger partial charge in [0.15, 0.2) is 6.29 Å². The highest BCUT2D eigenvalue weighted by Gasteiger charge is 2.44. The number of aliphatic hydroxyl groups excluding tert-OH is 7. The highest BCUT2D eigenvalue weighted by atomic mass is 16.7. The molecule has 0 spiro atoms. The lowest BCUT2D eigenvalue weighted by Crippen LogP contribution is -2.60. The van der Waals surface area contributed by atoms with Gasteiger partial charge in [0.25, 0.3) is 0 Å². The topological polar surface area (TPSA) is 189 Å². The van der Waals surface area contributed by atoms with E-state index in [1.807, 2.05) is 0 Å². The monoisotopic (exact) mass is 996 g/mol. The Labute approximate surface area is 429 Å². The number of hydrogen-bond acceptors (Lipinski definition) is 10. The van der Waals surface area contributed by atoms with Crippen LogP contribution in [-0.2, 0) is 14.3 Å². The van der Waals surface area contributed by atoms with Crippen molar-refractivity contribution in [2.75, 3.05) is 13.2 Å². The summed E-state index contributed by atoms with van der Waals surface area (Å²) in [5.74, 6) is -0.704. The van der Waals surface area contributed by atoms with Crippen molar-refractivity contribution in [2.24, 2.45) is 0 Å². The molecule has 1 heterocycles. The Kier molecular flexibility index (Phi) is 46.2. The molecule has 1 aliphatic rings. The fourth-order valence-electron chi connectivity index (χ4n) is 9.61. The lowest BCUT2D eigenvalue weighted by molar-refractivity contribution is -0.303. The van der Waals surface area contributed by atoms with Crippen molar-refractivity contribution < 1.29 is 50.0 Å². The average Bonchev–Trinajstić information content (AvgIpc) is 3.36. The summed E-state index contributed by atoms with van der Waals surface area (Å²) in [5.41, 5.74) is 0. The molecule has 0 saturated carbocycles. The zero-order chi connectivity index (χ0) is 51.1. The zero-order valence-corrected chi connectivity index (χ0v) is 45.3. The maximum atomic E-state index is 13.2. The van der Waals surface area contributed by atoms with Gasteiger partial charge in [0, 0.05) is 0 Å². The van der Waals surface area contributed by atoms with Crippen LogP contribution in [0.5, 0.6) is 0 Å². The van der Waals surface area contributed by atoms with Crippen LogP contribution in [0.2, 0.25) is 0 Å². The predicted octanol–water partition coefficient (Wildman–Crippen LogP) is 12.5. The second-order valence-electron chi connectivity index (χ2n) is 21.1. The van der Waals surface area contributed by atoms with Crippen molar-refractivity contribution in [3.63, 3.8) is 0 Å². The van der Waals surface area contributed by atoms with Gasteiger partial charge < -0.3 is 50.5 Å². The maximum Gasteiger partial charge on any atom is 0.249 e. The number of hydrogen-bond donors (Lipinski definition) is 8. The Morgan fingerprint density at radius 1 is 0.486 bits per heavy atom. The molecule has 0 aliphatic carbocycles. The van der Waals surface area contributed by atoms with Gasteiger partial charge in [-0.3, -0.25) is 4.79 Å². The van der Waals surface area contributed by atoms with Gasteiger partial charge in [-0.2, -0.15) is 0 Å². The molecular weight excluding hydrogens is 883 g/mol. The summed E-state index contributed by atoms with van der Waals surface area (Å²) >= 11 is 0. The minimum atomic E-state index is -1.67. The Balaban J connectivity index is 2.22. The molecule has 8 N–H and O–H groups in total. The largest absolute Gasteiger partial charge is 0.394 e. The van der Waals surface area contributed by atoms with Gasteiger partial charge >= 0.3 is 0 Å². The average molecular weight is 997 g/mol. The first-order valence-electron chi connectivity index (χ1n) is 29.7. The van der Waals surface area contributed by atoms with E-state index in [0.717, 1.165) is 38.5 Å². The van der Waals surface area contributed by atoms with Gasteiger partial charge in [-0.15, -0.1) is 0 Å². The van der Waals surface area contributed by atoms with Crippen molar-refractivity contribution in [3.05, 3.63) is 24.3 Å². The van der Waals surface area contributed by atoms with E-state index >= 15 is 0 Å². The van der Waals surface area contributed by atoms with Crippen LogP contribution in [-0.4, -0.2) is 110 Å². The summed E-state index contributed by atoms with van der Waals surface area (Å²) in [4.78, 5) is 13.2. The number of amides is 1. The molecule has 1 amide bonds. The van der Waals surface area contributed by atoms with Gasteiger partial charge in [-0.25, -0.2) is 0 Å². The predicted molar refractivity (Wildman–Crippen MR) is 289 cm³/mol. The highest BCUT2D eigenvalue weighted by molar-refractivity contribution is 5.80. The summed E-state index contributed by atoms with van der Waals surface area (Å²) in [6, 6.07) is -1.18. The second kappa shape index (κ2) is 48.5. The van der Waals surface area contributed by atoms with Crippen molar-refractivity contribution in [1.82, 2.24) is 5.32 Å². The molecule has 1 fully saturated rings. The molecule has 11 heteroatoms. The molecule has 414 valence electrons. The van der Waals surface area contributed by atoms with E-state index in [0.29, 0.717) is 12.8 Å². The molecule has 0 aromatic heterocycles. The van der Waals surface area contributed by atoms with E-state index in [4.69, 9.17) is 9.47 Å². The SMILES string of the molecule is CCCCCCCCCC/C=C/CCCC(O)C(O)C(COC1OC(CO)C(O)C(O)C1O)NC(=O)C(O)CCCCCCCCCCCCCCCC/C=C\CCCCCCCCCCCCCC. The molecule has 0 aromatic carbocycles. The van der Waals surface area contributed by atoms with Gasteiger partial charge in [-0.05, 0) is 64.2 Å². The van der Waals surface area contributed by atoms with E-state index in [1.165, 1.54) is 199 Å². The molecule has 1 rings (SSSR count). The summed E-state index contributed by atoms with van der Waals surface area (Å²) in [7, 11) is 0. The van der Waals surface area contributed by atoms with E-state index in [1.54, 1.807) is 0 Å². The van der Waals surface area contributed by atoms with Crippen LogP contribution < -0.4 is 5.32 Å². The number of unbranched alkanes of at least 4 members (excludes halogenated alkanes) is 35. The van der Waals surface area contributed by atoms with Crippen LogP contribution in [0.4, 0.5) is 0 Å². The maximum absolute atomic E-state index is 13.2. The van der Waals surface area contributed by atoms with Crippen LogP contribution >= 0.6 is 0 Å². The quantitative estimate of drug-likeness (QED) is 0.0215. The standard InChI is InChI=1S/C59H113NO10/c1-3-5-7-9-11-13-15-17-18-19-20-21-22-23-24-25-26-27-28-29-30-31-32-33-35-37-39-41-43-45-47-52(63)58(68)60-50(49-69-59-57(67)56(66)55(65)53(48-61)70-59)54(64)51(62)46-44-42-40-38-36-34-16-14-12-10-8-6-4-2/h23-24,38,40,50-57,59,61-67H,3-22,25-37,39,41-49H2,1-2H3,(H,60,68)/b24-23-,40-38+. The smallest absolute Gasteiger partial charge is 0.249 e. The Morgan fingerprint density at radius 2 is 0.843 bits per heavy atom. The number of allylic oxidation sites excluding steroid dienone is 4. The molecule has 1 aliphatic heterocycles. The first kappa shape index (κ1) is 66.6. The second-order valence-corrected chi connectivity index (χ2v) is 21.1. The Morgan fingerprint density at radius 3 is 1.23 bits per heavy atom. The van der Waals surface area contributed by atoms with Crippen LogP contribution in [0.1, 0.15) is 277 Å². The van der Waals surface area contributed by atoms with E-state index in [9.17, 15) is 40.5 Å². The van der Waals surface area contributed by atoms with Crippen LogP contribution in [0.15, 0.2) is 24.3 Å². The molecule has 1 saturated heterocycles.